The Morgan fingerprint density at radius 3 is 1.92 bits per heavy atom. The molecule has 0 bridgehead atoms. The second kappa shape index (κ2) is 14.4. The number of imide groups is 1. The van der Waals surface area contributed by atoms with Gasteiger partial charge in [0.15, 0.2) is 11.5 Å². The molecule has 4 aromatic rings. The number of fused-ring (bicyclic) bond motifs is 1. The number of hydrogen-bond donors (Lipinski definition) is 3. The van der Waals surface area contributed by atoms with Crippen molar-refractivity contribution in [2.24, 2.45) is 0 Å². The zero-order valence-corrected chi connectivity index (χ0v) is 29.2. The molecule has 2 amide bonds. The lowest BCUT2D eigenvalue weighted by molar-refractivity contribution is -0.0349. The highest BCUT2D eigenvalue weighted by atomic mass is 16.6. The molecule has 50 heavy (non-hydrogen) atoms. The first-order chi connectivity index (χ1) is 23.6. The molecule has 1 aliphatic carbocycles. The van der Waals surface area contributed by atoms with Crippen LogP contribution in [0.3, 0.4) is 0 Å². The zero-order chi connectivity index (χ0) is 36.4. The average Bonchev–Trinajstić information content (AvgIpc) is 3.60. The van der Waals surface area contributed by atoms with E-state index in [1.165, 1.54) is 18.0 Å². The summed E-state index contributed by atoms with van der Waals surface area (Å²) in [6, 6.07) is 17.7. The lowest BCUT2D eigenvalue weighted by Gasteiger charge is -2.33. The summed E-state index contributed by atoms with van der Waals surface area (Å²) < 4.78 is 17.4. The van der Waals surface area contributed by atoms with Crippen molar-refractivity contribution in [1.82, 2.24) is 24.4 Å². The standard InChI is InChI=1S/C36H44N6O8/c1-35(2,3)49-33(46)42(34(47)50-36(4,5)6)25-18-24(27(43)28(25)44)41-20-38-26-29(39-30(32(45)48-7)40-31(26)41)37-19-23(21-14-10-8-11-15-21)22-16-12-9-13-17-22/h8-17,20,23-25,27-28,43-44H,18-19H2,1-7H3,(H,37,39,40)/t24-,25+,27+,28-/m1/s1. The third-order valence-corrected chi connectivity index (χ3v) is 8.16. The molecule has 5 rings (SSSR count). The van der Waals surface area contributed by atoms with Gasteiger partial charge in [0.2, 0.25) is 5.82 Å². The van der Waals surface area contributed by atoms with Gasteiger partial charge < -0.3 is 34.3 Å². The van der Waals surface area contributed by atoms with E-state index in [9.17, 15) is 24.6 Å². The Morgan fingerprint density at radius 2 is 1.42 bits per heavy atom. The topological polar surface area (TPSA) is 178 Å². The monoisotopic (exact) mass is 688 g/mol. The zero-order valence-electron chi connectivity index (χ0n) is 29.2. The second-order valence-corrected chi connectivity index (χ2v) is 14.1. The summed E-state index contributed by atoms with van der Waals surface area (Å²) in [7, 11) is 1.21. The minimum Gasteiger partial charge on any atom is -0.463 e. The van der Waals surface area contributed by atoms with Crippen molar-refractivity contribution in [2.75, 3.05) is 19.0 Å². The van der Waals surface area contributed by atoms with Gasteiger partial charge in [-0.05, 0) is 59.1 Å². The fourth-order valence-corrected chi connectivity index (χ4v) is 5.95. The van der Waals surface area contributed by atoms with Gasteiger partial charge in [0.05, 0.1) is 25.5 Å². The number of hydrogen-bond acceptors (Lipinski definition) is 12. The molecule has 14 heteroatoms. The summed E-state index contributed by atoms with van der Waals surface area (Å²) >= 11 is 0. The van der Waals surface area contributed by atoms with Gasteiger partial charge in [-0.15, -0.1) is 0 Å². The van der Waals surface area contributed by atoms with Crippen molar-refractivity contribution in [3.8, 4) is 0 Å². The van der Waals surface area contributed by atoms with Crippen LogP contribution in [-0.4, -0.2) is 95.9 Å². The number of methoxy groups -OCH3 is 1. The largest absolute Gasteiger partial charge is 0.463 e. The molecule has 2 aromatic carbocycles. The van der Waals surface area contributed by atoms with E-state index in [-0.39, 0.29) is 29.6 Å². The molecule has 0 radical (unpaired) electrons. The Balaban J connectivity index is 1.52. The Kier molecular flexibility index (Phi) is 10.4. The first kappa shape index (κ1) is 36.2. The minimum atomic E-state index is -1.59. The molecule has 14 nitrogen and oxygen atoms in total. The number of benzene rings is 2. The van der Waals surface area contributed by atoms with E-state index in [1.807, 2.05) is 60.7 Å². The second-order valence-electron chi connectivity index (χ2n) is 14.1. The molecule has 4 atom stereocenters. The highest BCUT2D eigenvalue weighted by Crippen LogP contribution is 2.38. The van der Waals surface area contributed by atoms with Crippen molar-refractivity contribution >= 4 is 35.1 Å². The molecule has 2 heterocycles. The number of aliphatic hydroxyl groups excluding tert-OH is 2. The van der Waals surface area contributed by atoms with Crippen LogP contribution in [0.4, 0.5) is 15.4 Å². The maximum Gasteiger partial charge on any atom is 0.420 e. The molecular weight excluding hydrogens is 644 g/mol. The molecule has 1 fully saturated rings. The van der Waals surface area contributed by atoms with Crippen LogP contribution in [0, 0.1) is 0 Å². The number of anilines is 1. The third-order valence-electron chi connectivity index (χ3n) is 8.16. The number of nitrogens with zero attached hydrogens (tertiary/aromatic N) is 5. The lowest BCUT2D eigenvalue weighted by atomic mass is 9.91. The Labute approximate surface area is 290 Å². The van der Waals surface area contributed by atoms with E-state index in [2.05, 4.69) is 20.3 Å². The summed E-state index contributed by atoms with van der Waals surface area (Å²) in [4.78, 5) is 53.7. The Bertz CT molecular complexity index is 1750. The van der Waals surface area contributed by atoms with Crippen LogP contribution in [-0.2, 0) is 14.2 Å². The number of ether oxygens (including phenoxy) is 3. The van der Waals surface area contributed by atoms with E-state index in [0.717, 1.165) is 11.1 Å². The summed E-state index contributed by atoms with van der Waals surface area (Å²) in [5.74, 6) is -0.893. The number of carbonyl (C=O) groups excluding carboxylic acids is 3. The molecular formula is C36H44N6O8. The van der Waals surface area contributed by atoms with Gasteiger partial charge in [0, 0.05) is 12.5 Å². The number of esters is 1. The quantitative estimate of drug-likeness (QED) is 0.166. The molecule has 0 aliphatic heterocycles. The summed E-state index contributed by atoms with van der Waals surface area (Å²) in [5, 5.41) is 26.0. The summed E-state index contributed by atoms with van der Waals surface area (Å²) in [5.41, 5.74) is 0.636. The Hall–Kier alpha value is -5.08. The Morgan fingerprint density at radius 1 is 0.880 bits per heavy atom. The first-order valence-corrected chi connectivity index (χ1v) is 16.4. The maximum absolute atomic E-state index is 13.4. The number of carbonyl (C=O) groups is 3. The SMILES string of the molecule is COC(=O)c1nc(NCC(c2ccccc2)c2ccccc2)c2ncn([C@@H]3C[C@H](N(C(=O)OC(C)(C)C)C(=O)OC(C)(C)C)[C@@H](O)[C@H]3O)c2n1. The summed E-state index contributed by atoms with van der Waals surface area (Å²) in [6.45, 7) is 10.2. The fraction of sp³-hybridized carbons (Fsp3) is 0.444. The van der Waals surface area contributed by atoms with Crippen molar-refractivity contribution in [1.29, 1.82) is 0 Å². The van der Waals surface area contributed by atoms with E-state index in [1.54, 1.807) is 41.5 Å². The molecule has 0 unspecified atom stereocenters. The van der Waals surface area contributed by atoms with Gasteiger partial charge in [-0.3, -0.25) is 0 Å². The maximum atomic E-state index is 13.4. The molecule has 1 saturated carbocycles. The number of aromatic nitrogens is 4. The number of rotatable bonds is 8. The lowest BCUT2D eigenvalue weighted by Crippen LogP contribution is -2.52. The van der Waals surface area contributed by atoms with Gasteiger partial charge in [-0.1, -0.05) is 60.7 Å². The van der Waals surface area contributed by atoms with Crippen LogP contribution in [0.2, 0.25) is 0 Å². The molecule has 1 aliphatic rings. The average molecular weight is 689 g/mol. The van der Waals surface area contributed by atoms with Gasteiger partial charge in [-0.25, -0.2) is 34.2 Å². The van der Waals surface area contributed by atoms with E-state index in [4.69, 9.17) is 14.2 Å². The number of nitrogens with one attached hydrogen (secondary N) is 1. The van der Waals surface area contributed by atoms with E-state index < -0.39 is 53.6 Å². The van der Waals surface area contributed by atoms with E-state index >= 15 is 0 Å². The van der Waals surface area contributed by atoms with Crippen LogP contribution < -0.4 is 5.32 Å². The van der Waals surface area contributed by atoms with Crippen LogP contribution in [0.5, 0.6) is 0 Å². The molecule has 2 aromatic heterocycles. The van der Waals surface area contributed by atoms with Crippen molar-refractivity contribution in [2.45, 2.75) is 89.4 Å². The summed E-state index contributed by atoms with van der Waals surface area (Å²) in [6.07, 6.45) is -3.85. The van der Waals surface area contributed by atoms with Crippen molar-refractivity contribution in [3.05, 3.63) is 83.9 Å². The number of amides is 2. The highest BCUT2D eigenvalue weighted by molar-refractivity contribution is 5.91. The normalized spacial score (nSPS) is 19.3. The van der Waals surface area contributed by atoms with Gasteiger partial charge in [0.25, 0.3) is 0 Å². The van der Waals surface area contributed by atoms with Gasteiger partial charge >= 0.3 is 18.2 Å². The smallest absolute Gasteiger partial charge is 0.420 e. The molecule has 0 spiro atoms. The van der Waals surface area contributed by atoms with Crippen LogP contribution in [0.25, 0.3) is 11.2 Å². The van der Waals surface area contributed by atoms with Gasteiger partial charge in [-0.2, -0.15) is 0 Å². The van der Waals surface area contributed by atoms with Crippen LogP contribution in [0.15, 0.2) is 67.0 Å². The molecule has 0 saturated heterocycles. The number of aliphatic hydroxyl groups is 2. The van der Waals surface area contributed by atoms with Gasteiger partial charge in [0.1, 0.15) is 28.9 Å². The minimum absolute atomic E-state index is 0.0923. The third kappa shape index (κ3) is 8.03. The van der Waals surface area contributed by atoms with E-state index in [0.29, 0.717) is 17.0 Å². The van der Waals surface area contributed by atoms with Crippen molar-refractivity contribution < 1.29 is 38.8 Å². The highest BCUT2D eigenvalue weighted by Gasteiger charge is 2.51. The number of imidazole rings is 1. The molecule has 3 N–H and O–H groups in total. The predicted octanol–water partition coefficient (Wildman–Crippen LogP) is 5.06. The predicted molar refractivity (Wildman–Crippen MR) is 184 cm³/mol. The van der Waals surface area contributed by atoms with Crippen LogP contribution >= 0.6 is 0 Å². The van der Waals surface area contributed by atoms with Crippen molar-refractivity contribution in [3.63, 3.8) is 0 Å². The first-order valence-electron chi connectivity index (χ1n) is 16.4. The molecule has 266 valence electrons. The van der Waals surface area contributed by atoms with Crippen LogP contribution in [0.1, 0.15) is 81.7 Å². The fourth-order valence-electron chi connectivity index (χ4n) is 5.95.